The van der Waals surface area contributed by atoms with Crippen molar-refractivity contribution >= 4 is 10.2 Å². The molecule has 0 heterocycles. The van der Waals surface area contributed by atoms with Crippen LogP contribution < -0.4 is 0 Å². The minimum atomic E-state index is -3.47. The van der Waals surface area contributed by atoms with Gasteiger partial charge in [-0.3, -0.25) is 0 Å². The lowest BCUT2D eigenvalue weighted by molar-refractivity contribution is 0.176. The van der Waals surface area contributed by atoms with Crippen LogP contribution in [-0.4, -0.2) is 56.9 Å². The van der Waals surface area contributed by atoms with Crippen LogP contribution in [0.15, 0.2) is 0 Å². The summed E-state index contributed by atoms with van der Waals surface area (Å²) in [4.78, 5) is 0. The summed E-state index contributed by atoms with van der Waals surface area (Å²) in [6.07, 6.45) is 0.185. The third-order valence-corrected chi connectivity index (χ3v) is 4.56. The highest BCUT2D eigenvalue weighted by Crippen LogP contribution is 2.08. The Labute approximate surface area is 104 Å². The maximum absolute atomic E-state index is 12.2. The second-order valence-electron chi connectivity index (χ2n) is 3.39. The molecule has 0 aromatic rings. The normalized spacial score (nSPS) is 12.0. The molecule has 0 N–H and O–H groups in total. The lowest BCUT2D eigenvalue weighted by Crippen LogP contribution is -2.45. The monoisotopic (exact) mass is 263 g/mol. The Morgan fingerprint density at radius 3 is 2.18 bits per heavy atom. The van der Waals surface area contributed by atoms with Crippen LogP contribution in [0, 0.1) is 11.3 Å². The van der Waals surface area contributed by atoms with Crippen LogP contribution in [0.2, 0.25) is 0 Å². The fourth-order valence-corrected chi connectivity index (χ4v) is 3.03. The van der Waals surface area contributed by atoms with E-state index in [1.807, 2.05) is 6.07 Å². The second-order valence-corrected chi connectivity index (χ2v) is 5.32. The van der Waals surface area contributed by atoms with Crippen LogP contribution in [-0.2, 0) is 14.9 Å². The molecule has 0 aromatic heterocycles. The van der Waals surface area contributed by atoms with Gasteiger partial charge in [0.25, 0.3) is 10.2 Å². The minimum absolute atomic E-state index is 0.185. The van der Waals surface area contributed by atoms with Crippen molar-refractivity contribution in [3.05, 3.63) is 0 Å². The topological polar surface area (TPSA) is 73.6 Å². The van der Waals surface area contributed by atoms with E-state index in [1.165, 1.54) is 15.7 Å². The Morgan fingerprint density at radius 2 is 1.76 bits per heavy atom. The molecule has 0 aromatic carbocycles. The molecule has 0 radical (unpaired) electrons. The van der Waals surface area contributed by atoms with Gasteiger partial charge in [0.1, 0.15) is 0 Å². The lowest BCUT2D eigenvalue weighted by atomic mass is 10.4. The number of hydrogen-bond donors (Lipinski definition) is 0. The van der Waals surface area contributed by atoms with Gasteiger partial charge in [0.15, 0.2) is 0 Å². The largest absolute Gasteiger partial charge is 0.383 e. The zero-order valence-corrected chi connectivity index (χ0v) is 11.5. The Kier molecular flexibility index (Phi) is 8.08. The smallest absolute Gasteiger partial charge is 0.282 e. The van der Waals surface area contributed by atoms with E-state index in [9.17, 15) is 8.42 Å². The van der Waals surface area contributed by atoms with Gasteiger partial charge < -0.3 is 4.74 Å². The van der Waals surface area contributed by atoms with Crippen LogP contribution in [0.3, 0.4) is 0 Å². The van der Waals surface area contributed by atoms with Gasteiger partial charge in [0.05, 0.1) is 12.7 Å². The first-order valence-electron chi connectivity index (χ1n) is 5.65. The van der Waals surface area contributed by atoms with Crippen LogP contribution in [0.25, 0.3) is 0 Å². The van der Waals surface area contributed by atoms with E-state index >= 15 is 0 Å². The SMILES string of the molecule is CCN(CC)S(=O)(=O)N(CCC#N)CCOC. The highest BCUT2D eigenvalue weighted by atomic mass is 32.2. The zero-order valence-electron chi connectivity index (χ0n) is 10.7. The molecule has 0 amide bonds. The molecule has 100 valence electrons. The van der Waals surface area contributed by atoms with Crippen molar-refractivity contribution in [2.24, 2.45) is 0 Å². The predicted molar refractivity (Wildman–Crippen MR) is 65.5 cm³/mol. The summed E-state index contributed by atoms with van der Waals surface area (Å²) < 4.78 is 31.9. The van der Waals surface area contributed by atoms with Crippen LogP contribution in [0.1, 0.15) is 20.3 Å². The summed E-state index contributed by atoms with van der Waals surface area (Å²) in [5.41, 5.74) is 0. The quantitative estimate of drug-likeness (QED) is 0.605. The van der Waals surface area contributed by atoms with Gasteiger partial charge in [-0.2, -0.15) is 22.3 Å². The third-order valence-electron chi connectivity index (χ3n) is 2.38. The fraction of sp³-hybridized carbons (Fsp3) is 0.900. The third kappa shape index (κ3) is 5.00. The minimum Gasteiger partial charge on any atom is -0.383 e. The van der Waals surface area contributed by atoms with E-state index in [-0.39, 0.29) is 19.5 Å². The van der Waals surface area contributed by atoms with Crippen molar-refractivity contribution in [3.63, 3.8) is 0 Å². The Hall–Kier alpha value is -0.680. The number of rotatable bonds is 9. The maximum Gasteiger partial charge on any atom is 0.282 e. The first-order valence-corrected chi connectivity index (χ1v) is 7.05. The summed E-state index contributed by atoms with van der Waals surface area (Å²) in [5.74, 6) is 0. The maximum atomic E-state index is 12.2. The molecule has 0 saturated heterocycles. The van der Waals surface area contributed by atoms with Gasteiger partial charge in [0.2, 0.25) is 0 Å². The summed E-state index contributed by atoms with van der Waals surface area (Å²) in [6.45, 7) is 5.24. The highest BCUT2D eigenvalue weighted by molar-refractivity contribution is 7.86. The molecule has 0 rings (SSSR count). The van der Waals surface area contributed by atoms with Crippen LogP contribution in [0.4, 0.5) is 0 Å². The van der Waals surface area contributed by atoms with Crippen molar-refractivity contribution in [2.45, 2.75) is 20.3 Å². The molecule has 0 aliphatic heterocycles. The molecule has 0 aliphatic rings. The first-order chi connectivity index (χ1) is 8.04. The molecular weight excluding hydrogens is 242 g/mol. The van der Waals surface area contributed by atoms with E-state index < -0.39 is 10.2 Å². The van der Waals surface area contributed by atoms with Gasteiger partial charge in [0, 0.05) is 39.7 Å². The highest BCUT2D eigenvalue weighted by Gasteiger charge is 2.26. The molecule has 0 bridgehead atoms. The molecule has 0 aliphatic carbocycles. The second kappa shape index (κ2) is 8.42. The Bertz CT molecular complexity index is 333. The average Bonchev–Trinajstić information content (AvgIpc) is 2.30. The van der Waals surface area contributed by atoms with E-state index in [4.69, 9.17) is 10.00 Å². The van der Waals surface area contributed by atoms with Crippen molar-refractivity contribution < 1.29 is 13.2 Å². The number of nitrogens with zero attached hydrogens (tertiary/aromatic N) is 3. The van der Waals surface area contributed by atoms with Crippen molar-refractivity contribution in [1.82, 2.24) is 8.61 Å². The summed E-state index contributed by atoms with van der Waals surface area (Å²) >= 11 is 0. The fourth-order valence-electron chi connectivity index (χ4n) is 1.42. The van der Waals surface area contributed by atoms with Crippen molar-refractivity contribution in [3.8, 4) is 6.07 Å². The molecule has 0 unspecified atom stereocenters. The van der Waals surface area contributed by atoms with E-state index in [2.05, 4.69) is 0 Å². The summed E-state index contributed by atoms with van der Waals surface area (Å²) in [6, 6.07) is 1.96. The zero-order chi connectivity index (χ0) is 13.3. The summed E-state index contributed by atoms with van der Waals surface area (Å²) in [5, 5.41) is 8.54. The number of methoxy groups -OCH3 is 1. The molecule has 0 atom stereocenters. The van der Waals surface area contributed by atoms with Gasteiger partial charge in [-0.25, -0.2) is 0 Å². The van der Waals surface area contributed by atoms with Crippen molar-refractivity contribution in [1.29, 1.82) is 5.26 Å². The molecule has 0 spiro atoms. The molecule has 17 heavy (non-hydrogen) atoms. The Morgan fingerprint density at radius 1 is 1.18 bits per heavy atom. The summed E-state index contributed by atoms with van der Waals surface area (Å²) in [7, 11) is -1.95. The molecule has 0 saturated carbocycles. The van der Waals surface area contributed by atoms with Gasteiger partial charge in [-0.05, 0) is 0 Å². The first kappa shape index (κ1) is 16.3. The average molecular weight is 263 g/mol. The molecule has 0 fully saturated rings. The lowest BCUT2D eigenvalue weighted by Gasteiger charge is -2.27. The van der Waals surface area contributed by atoms with E-state index in [0.29, 0.717) is 19.7 Å². The predicted octanol–water partition coefficient (Wildman–Crippen LogP) is 0.435. The van der Waals surface area contributed by atoms with Gasteiger partial charge in [-0.15, -0.1) is 0 Å². The van der Waals surface area contributed by atoms with Crippen LogP contribution in [0.5, 0.6) is 0 Å². The van der Waals surface area contributed by atoms with Gasteiger partial charge in [-0.1, -0.05) is 13.8 Å². The molecule has 7 heteroatoms. The van der Waals surface area contributed by atoms with Crippen molar-refractivity contribution in [2.75, 3.05) is 39.9 Å². The molecule has 6 nitrogen and oxygen atoms in total. The standard InChI is InChI=1S/C10H21N3O3S/c1-4-12(5-2)17(14,15)13(8-6-7-11)9-10-16-3/h4-6,8-10H2,1-3H3. The van der Waals surface area contributed by atoms with E-state index in [0.717, 1.165) is 0 Å². The number of nitriles is 1. The number of hydrogen-bond acceptors (Lipinski definition) is 4. The van der Waals surface area contributed by atoms with Gasteiger partial charge >= 0.3 is 0 Å². The Balaban J connectivity index is 4.81. The molecular formula is C10H21N3O3S. The number of ether oxygens (including phenoxy) is 1. The van der Waals surface area contributed by atoms with Crippen LogP contribution >= 0.6 is 0 Å². The van der Waals surface area contributed by atoms with E-state index in [1.54, 1.807) is 13.8 Å².